The van der Waals surface area contributed by atoms with Crippen LogP contribution in [0.3, 0.4) is 0 Å². The number of thiocarbonyl (C=S) groups is 1. The van der Waals surface area contributed by atoms with Gasteiger partial charge in [0.05, 0.1) is 0 Å². The molecule has 0 saturated heterocycles. The number of rotatable bonds is 2. The summed E-state index contributed by atoms with van der Waals surface area (Å²) < 4.78 is 4.62. The molecule has 0 atom stereocenters. The van der Waals surface area contributed by atoms with Crippen molar-refractivity contribution in [3.05, 3.63) is 12.3 Å². The van der Waals surface area contributed by atoms with E-state index in [0.717, 1.165) is 0 Å². The summed E-state index contributed by atoms with van der Waals surface area (Å²) in [6.45, 7) is 4.02. The molecule has 0 amide bonds. The summed E-state index contributed by atoms with van der Waals surface area (Å²) >= 11 is 4.97. The van der Waals surface area contributed by atoms with Gasteiger partial charge in [-0.3, -0.25) is 0 Å². The second kappa shape index (κ2) is 4.06. The van der Waals surface area contributed by atoms with Crippen molar-refractivity contribution in [1.29, 1.82) is 0 Å². The van der Waals surface area contributed by atoms with Crippen molar-refractivity contribution in [3.8, 4) is 0 Å². The first-order chi connectivity index (χ1) is 5.68. The Morgan fingerprint density at radius 2 is 2.42 bits per heavy atom. The molecule has 0 spiro atoms. The predicted molar refractivity (Wildman–Crippen MR) is 51.0 cm³/mol. The van der Waals surface area contributed by atoms with Gasteiger partial charge in [-0.05, 0) is 26.1 Å². The van der Waals surface area contributed by atoms with Crippen molar-refractivity contribution in [1.82, 2.24) is 10.5 Å². The van der Waals surface area contributed by atoms with Gasteiger partial charge in [0.2, 0.25) is 0 Å². The van der Waals surface area contributed by atoms with E-state index in [4.69, 9.17) is 12.2 Å². The minimum Gasteiger partial charge on any atom is -0.363 e. The van der Waals surface area contributed by atoms with E-state index in [1.807, 2.05) is 13.8 Å². The maximum atomic E-state index is 4.97. The third kappa shape index (κ3) is 2.87. The second-order valence-electron chi connectivity index (χ2n) is 2.64. The highest BCUT2D eigenvalue weighted by molar-refractivity contribution is 7.80. The van der Waals surface area contributed by atoms with Crippen LogP contribution in [0, 0.1) is 0 Å². The monoisotopic (exact) mass is 185 g/mol. The van der Waals surface area contributed by atoms with E-state index in [-0.39, 0.29) is 0 Å². The van der Waals surface area contributed by atoms with Crippen LogP contribution >= 0.6 is 12.2 Å². The van der Waals surface area contributed by atoms with Crippen LogP contribution in [0.4, 0.5) is 5.82 Å². The molecule has 1 rings (SSSR count). The zero-order valence-electron chi connectivity index (χ0n) is 7.00. The molecule has 0 aliphatic heterocycles. The molecular formula is C7H11N3OS. The average Bonchev–Trinajstić information content (AvgIpc) is 2.37. The van der Waals surface area contributed by atoms with E-state index >= 15 is 0 Å². The molecule has 4 nitrogen and oxygen atoms in total. The summed E-state index contributed by atoms with van der Waals surface area (Å²) in [4.78, 5) is 0. The highest BCUT2D eigenvalue weighted by Gasteiger charge is 2.00. The van der Waals surface area contributed by atoms with E-state index in [1.165, 1.54) is 6.26 Å². The van der Waals surface area contributed by atoms with Crippen LogP contribution in [0.1, 0.15) is 13.8 Å². The molecular weight excluding hydrogens is 174 g/mol. The Kier molecular flexibility index (Phi) is 3.04. The maximum absolute atomic E-state index is 4.97. The van der Waals surface area contributed by atoms with Crippen LogP contribution in [-0.2, 0) is 0 Å². The largest absolute Gasteiger partial charge is 0.363 e. The summed E-state index contributed by atoms with van der Waals surface area (Å²) in [7, 11) is 0. The number of aromatic nitrogens is 1. The predicted octanol–water partition coefficient (Wildman–Crippen LogP) is 1.37. The molecule has 0 aromatic carbocycles. The van der Waals surface area contributed by atoms with Crippen molar-refractivity contribution < 1.29 is 4.52 Å². The van der Waals surface area contributed by atoms with E-state index in [9.17, 15) is 0 Å². The SMILES string of the molecule is CC(C)NC(=S)Nc1ccon1. The maximum Gasteiger partial charge on any atom is 0.175 e. The molecule has 1 aromatic heterocycles. The van der Waals surface area contributed by atoms with Crippen LogP contribution in [0.25, 0.3) is 0 Å². The van der Waals surface area contributed by atoms with Gasteiger partial charge in [0.25, 0.3) is 0 Å². The zero-order valence-corrected chi connectivity index (χ0v) is 7.81. The Morgan fingerprint density at radius 1 is 1.67 bits per heavy atom. The van der Waals surface area contributed by atoms with Gasteiger partial charge in [-0.2, -0.15) is 0 Å². The summed E-state index contributed by atoms with van der Waals surface area (Å²) in [6.07, 6.45) is 1.49. The molecule has 0 aliphatic rings. The van der Waals surface area contributed by atoms with E-state index in [1.54, 1.807) is 6.07 Å². The van der Waals surface area contributed by atoms with Crippen LogP contribution in [0.2, 0.25) is 0 Å². The van der Waals surface area contributed by atoms with E-state index in [2.05, 4.69) is 20.3 Å². The fourth-order valence-electron chi connectivity index (χ4n) is 0.692. The Balaban J connectivity index is 2.37. The molecule has 2 N–H and O–H groups in total. The third-order valence-electron chi connectivity index (χ3n) is 1.10. The number of nitrogens with one attached hydrogen (secondary N) is 2. The van der Waals surface area contributed by atoms with Crippen molar-refractivity contribution in [2.75, 3.05) is 5.32 Å². The Labute approximate surface area is 76.3 Å². The van der Waals surface area contributed by atoms with Crippen molar-refractivity contribution in [3.63, 3.8) is 0 Å². The number of hydrogen-bond donors (Lipinski definition) is 2. The van der Waals surface area contributed by atoms with Crippen molar-refractivity contribution in [2.24, 2.45) is 0 Å². The lowest BCUT2D eigenvalue weighted by molar-refractivity contribution is 0.423. The topological polar surface area (TPSA) is 50.1 Å². The lowest BCUT2D eigenvalue weighted by atomic mass is 10.4. The summed E-state index contributed by atoms with van der Waals surface area (Å²) in [5.41, 5.74) is 0. The molecule has 0 aliphatic carbocycles. The lowest BCUT2D eigenvalue weighted by Gasteiger charge is -2.10. The summed E-state index contributed by atoms with van der Waals surface area (Å²) in [5, 5.41) is 10.1. The first-order valence-electron chi connectivity index (χ1n) is 3.66. The number of anilines is 1. The van der Waals surface area contributed by atoms with Gasteiger partial charge in [0.15, 0.2) is 10.9 Å². The van der Waals surface area contributed by atoms with Gasteiger partial charge in [0, 0.05) is 12.1 Å². The molecule has 66 valence electrons. The van der Waals surface area contributed by atoms with Crippen LogP contribution in [0.5, 0.6) is 0 Å². The molecule has 0 radical (unpaired) electrons. The van der Waals surface area contributed by atoms with Crippen molar-refractivity contribution in [2.45, 2.75) is 19.9 Å². The zero-order chi connectivity index (χ0) is 8.97. The first-order valence-corrected chi connectivity index (χ1v) is 4.07. The molecule has 0 unspecified atom stereocenters. The van der Waals surface area contributed by atoms with Gasteiger partial charge >= 0.3 is 0 Å². The van der Waals surface area contributed by atoms with Crippen LogP contribution in [-0.4, -0.2) is 16.3 Å². The van der Waals surface area contributed by atoms with E-state index < -0.39 is 0 Å². The van der Waals surface area contributed by atoms with Crippen molar-refractivity contribution >= 4 is 23.1 Å². The second-order valence-corrected chi connectivity index (χ2v) is 3.05. The van der Waals surface area contributed by atoms with Crippen LogP contribution in [0.15, 0.2) is 16.9 Å². The fraction of sp³-hybridized carbons (Fsp3) is 0.429. The van der Waals surface area contributed by atoms with Gasteiger partial charge < -0.3 is 15.2 Å². The minimum absolute atomic E-state index is 0.317. The standard InChI is InChI=1S/C7H11N3OS/c1-5(2)8-7(12)9-6-3-4-11-10-6/h3-5H,1-2H3,(H2,8,9,10,12). The Morgan fingerprint density at radius 3 is 2.92 bits per heavy atom. The molecule has 0 saturated carbocycles. The Hall–Kier alpha value is -1.10. The molecule has 0 bridgehead atoms. The third-order valence-corrected chi connectivity index (χ3v) is 1.32. The molecule has 0 fully saturated rings. The molecule has 5 heteroatoms. The molecule has 12 heavy (non-hydrogen) atoms. The number of hydrogen-bond acceptors (Lipinski definition) is 3. The first kappa shape index (κ1) is 8.99. The highest BCUT2D eigenvalue weighted by Crippen LogP contribution is 2.00. The van der Waals surface area contributed by atoms with Gasteiger partial charge in [0.1, 0.15) is 6.26 Å². The summed E-state index contributed by atoms with van der Waals surface area (Å²) in [5.74, 6) is 0.619. The van der Waals surface area contributed by atoms with Gasteiger partial charge in [-0.15, -0.1) is 0 Å². The van der Waals surface area contributed by atoms with Gasteiger partial charge in [-0.25, -0.2) is 0 Å². The molecule has 1 aromatic rings. The highest BCUT2D eigenvalue weighted by atomic mass is 32.1. The van der Waals surface area contributed by atoms with Gasteiger partial charge in [-0.1, -0.05) is 5.16 Å². The Bertz CT molecular complexity index is 245. The lowest BCUT2D eigenvalue weighted by Crippen LogP contribution is -2.33. The fourth-order valence-corrected chi connectivity index (χ4v) is 1.03. The normalized spacial score (nSPS) is 9.92. The quantitative estimate of drug-likeness (QED) is 0.681. The summed E-state index contributed by atoms with van der Waals surface area (Å²) in [6, 6.07) is 2.02. The average molecular weight is 185 g/mol. The smallest absolute Gasteiger partial charge is 0.175 e. The number of nitrogens with zero attached hydrogens (tertiary/aromatic N) is 1. The van der Waals surface area contributed by atoms with E-state index in [0.29, 0.717) is 17.0 Å². The molecule has 1 heterocycles. The minimum atomic E-state index is 0.317. The van der Waals surface area contributed by atoms with Crippen LogP contribution < -0.4 is 10.6 Å².